The zero-order chi connectivity index (χ0) is 7.40. The van der Waals surface area contributed by atoms with Gasteiger partial charge < -0.3 is 4.42 Å². The van der Waals surface area contributed by atoms with Gasteiger partial charge in [-0.3, -0.25) is 4.99 Å². The molecule has 0 aliphatic carbocycles. The maximum Gasteiger partial charge on any atom is 0.0978 e. The summed E-state index contributed by atoms with van der Waals surface area (Å²) < 4.78 is 4.93. The van der Waals surface area contributed by atoms with Gasteiger partial charge in [-0.2, -0.15) is 0 Å². The van der Waals surface area contributed by atoms with Crippen LogP contribution in [0.4, 0.5) is 0 Å². The van der Waals surface area contributed by atoms with Crippen molar-refractivity contribution >= 4 is 12.8 Å². The number of furan rings is 1. The molecule has 0 radical (unpaired) electrons. The summed E-state index contributed by atoms with van der Waals surface area (Å²) >= 11 is 0. The van der Waals surface area contributed by atoms with Crippen molar-refractivity contribution in [2.45, 2.75) is 6.92 Å². The molecule has 0 aliphatic heterocycles. The molecule has 52 valence electrons. The predicted molar refractivity (Wildman–Crippen MR) is 42.0 cm³/mol. The van der Waals surface area contributed by atoms with Gasteiger partial charge in [-0.05, 0) is 25.3 Å². The van der Waals surface area contributed by atoms with E-state index in [1.54, 1.807) is 18.7 Å². The molecule has 1 rings (SSSR count). The summed E-state index contributed by atoms with van der Waals surface area (Å²) in [4.78, 5) is 3.58. The number of hydrogen-bond donors (Lipinski definition) is 0. The normalized spacial score (nSPS) is 10.5. The van der Waals surface area contributed by atoms with E-state index in [0.717, 1.165) is 11.1 Å². The Balaban J connectivity index is 2.83. The second-order valence-corrected chi connectivity index (χ2v) is 2.01. The van der Waals surface area contributed by atoms with Crippen LogP contribution >= 0.6 is 0 Å². The van der Waals surface area contributed by atoms with Crippen molar-refractivity contribution in [2.75, 3.05) is 0 Å². The van der Waals surface area contributed by atoms with Crippen LogP contribution in [-0.4, -0.2) is 6.72 Å². The van der Waals surface area contributed by atoms with Gasteiger partial charge in [0.15, 0.2) is 0 Å². The van der Waals surface area contributed by atoms with Crippen LogP contribution in [0.1, 0.15) is 11.1 Å². The lowest BCUT2D eigenvalue weighted by Gasteiger charge is -1.82. The van der Waals surface area contributed by atoms with Gasteiger partial charge in [0.25, 0.3) is 0 Å². The minimum atomic E-state index is 1.05. The minimum Gasteiger partial charge on any atom is -0.472 e. The molecule has 0 atom stereocenters. The Morgan fingerprint density at radius 2 is 2.40 bits per heavy atom. The molecular formula is C8H9NO. The molecule has 0 fully saturated rings. The van der Waals surface area contributed by atoms with Crippen LogP contribution in [0.2, 0.25) is 0 Å². The fourth-order valence-electron chi connectivity index (χ4n) is 0.674. The number of aliphatic imine (C=N–C) groups is 1. The van der Waals surface area contributed by atoms with Gasteiger partial charge in [0.2, 0.25) is 0 Å². The van der Waals surface area contributed by atoms with Crippen molar-refractivity contribution in [3.63, 3.8) is 0 Å². The monoisotopic (exact) mass is 135 g/mol. The van der Waals surface area contributed by atoms with Gasteiger partial charge in [0.1, 0.15) is 0 Å². The smallest absolute Gasteiger partial charge is 0.0978 e. The van der Waals surface area contributed by atoms with Crippen molar-refractivity contribution in [3.8, 4) is 0 Å². The van der Waals surface area contributed by atoms with E-state index in [1.807, 2.05) is 13.0 Å². The van der Waals surface area contributed by atoms with Crippen LogP contribution < -0.4 is 0 Å². The fourth-order valence-corrected chi connectivity index (χ4v) is 0.674. The minimum absolute atomic E-state index is 1.05. The first-order valence-corrected chi connectivity index (χ1v) is 3.00. The van der Waals surface area contributed by atoms with Crippen LogP contribution in [-0.2, 0) is 0 Å². The maximum atomic E-state index is 4.93. The van der Waals surface area contributed by atoms with Crippen LogP contribution in [0.5, 0.6) is 0 Å². The highest BCUT2D eigenvalue weighted by molar-refractivity contribution is 5.52. The van der Waals surface area contributed by atoms with Crippen molar-refractivity contribution in [3.05, 3.63) is 29.9 Å². The average molecular weight is 135 g/mol. The quantitative estimate of drug-likeness (QED) is 0.571. The maximum absolute atomic E-state index is 4.93. The van der Waals surface area contributed by atoms with Gasteiger partial charge in [0.05, 0.1) is 12.5 Å². The molecule has 1 aromatic heterocycles. The lowest BCUT2D eigenvalue weighted by molar-refractivity contribution is 0.565. The summed E-state index contributed by atoms with van der Waals surface area (Å²) in [6.07, 6.45) is 6.86. The molecule has 10 heavy (non-hydrogen) atoms. The molecule has 0 N–H and O–H groups in total. The Kier molecular flexibility index (Phi) is 2.05. The molecule has 0 aromatic carbocycles. The Morgan fingerprint density at radius 3 is 2.90 bits per heavy atom. The van der Waals surface area contributed by atoms with Crippen molar-refractivity contribution in [2.24, 2.45) is 4.99 Å². The Morgan fingerprint density at radius 1 is 1.60 bits per heavy atom. The van der Waals surface area contributed by atoms with Gasteiger partial charge in [-0.25, -0.2) is 0 Å². The summed E-state index contributed by atoms with van der Waals surface area (Å²) in [5.41, 5.74) is 2.16. The first kappa shape index (κ1) is 6.81. The third kappa shape index (κ3) is 1.35. The van der Waals surface area contributed by atoms with Gasteiger partial charge >= 0.3 is 0 Å². The van der Waals surface area contributed by atoms with Crippen molar-refractivity contribution in [1.82, 2.24) is 0 Å². The van der Waals surface area contributed by atoms with E-state index in [9.17, 15) is 0 Å². The van der Waals surface area contributed by atoms with Gasteiger partial charge in [-0.15, -0.1) is 0 Å². The van der Waals surface area contributed by atoms with E-state index in [-0.39, 0.29) is 0 Å². The molecule has 0 bridgehead atoms. The van der Waals surface area contributed by atoms with Crippen LogP contribution in [0, 0.1) is 6.92 Å². The van der Waals surface area contributed by atoms with Crippen LogP contribution in [0.15, 0.2) is 28.1 Å². The molecule has 0 saturated heterocycles. The van der Waals surface area contributed by atoms with E-state index >= 15 is 0 Å². The predicted octanol–water partition coefficient (Wildman–Crippen LogP) is 2.26. The molecule has 2 heteroatoms. The Hall–Kier alpha value is -1.31. The van der Waals surface area contributed by atoms with Crippen molar-refractivity contribution < 1.29 is 4.42 Å². The highest BCUT2D eigenvalue weighted by Gasteiger charge is 1.93. The number of rotatable bonds is 2. The summed E-state index contributed by atoms with van der Waals surface area (Å²) in [7, 11) is 0. The summed E-state index contributed by atoms with van der Waals surface area (Å²) in [6, 6.07) is 0. The average Bonchev–Trinajstić information content (AvgIpc) is 2.31. The van der Waals surface area contributed by atoms with Gasteiger partial charge in [0, 0.05) is 11.8 Å². The van der Waals surface area contributed by atoms with E-state index in [2.05, 4.69) is 11.7 Å². The third-order valence-electron chi connectivity index (χ3n) is 1.25. The second kappa shape index (κ2) is 3.01. The molecule has 0 unspecified atom stereocenters. The van der Waals surface area contributed by atoms with E-state index in [0.29, 0.717) is 0 Å². The molecule has 0 amide bonds. The standard InChI is InChI=1S/C8H9NO/c1-7-5-10-6-8(7)3-4-9-2/h3-6H,2H2,1H3/b4-3-. The Labute approximate surface area is 59.9 Å². The molecule has 1 heterocycles. The lowest BCUT2D eigenvalue weighted by atomic mass is 10.2. The highest BCUT2D eigenvalue weighted by atomic mass is 16.3. The Bertz CT molecular complexity index is 248. The molecular weight excluding hydrogens is 126 g/mol. The zero-order valence-electron chi connectivity index (χ0n) is 5.87. The van der Waals surface area contributed by atoms with Crippen molar-refractivity contribution in [1.29, 1.82) is 0 Å². The molecule has 2 nitrogen and oxygen atoms in total. The lowest BCUT2D eigenvalue weighted by Crippen LogP contribution is -1.67. The topological polar surface area (TPSA) is 25.5 Å². The number of aryl methyl sites for hydroxylation is 1. The van der Waals surface area contributed by atoms with Crippen LogP contribution in [0.3, 0.4) is 0 Å². The van der Waals surface area contributed by atoms with E-state index < -0.39 is 0 Å². The summed E-state index contributed by atoms with van der Waals surface area (Å²) in [6.45, 7) is 5.30. The summed E-state index contributed by atoms with van der Waals surface area (Å²) in [5.74, 6) is 0. The molecule has 0 aliphatic rings. The molecule has 1 aromatic rings. The first-order valence-electron chi connectivity index (χ1n) is 3.00. The number of nitrogens with zero attached hydrogens (tertiary/aromatic N) is 1. The highest BCUT2D eigenvalue weighted by Crippen LogP contribution is 2.09. The SMILES string of the molecule is C=N/C=C\c1cocc1C. The largest absolute Gasteiger partial charge is 0.472 e. The first-order chi connectivity index (χ1) is 4.84. The number of hydrogen-bond acceptors (Lipinski definition) is 2. The summed E-state index contributed by atoms with van der Waals surface area (Å²) in [5, 5.41) is 0. The fraction of sp³-hybridized carbons (Fsp3) is 0.125. The molecule has 0 saturated carbocycles. The van der Waals surface area contributed by atoms with E-state index in [1.165, 1.54) is 0 Å². The van der Waals surface area contributed by atoms with Crippen LogP contribution in [0.25, 0.3) is 6.08 Å². The van der Waals surface area contributed by atoms with E-state index in [4.69, 9.17) is 4.42 Å². The molecule has 0 spiro atoms. The second-order valence-electron chi connectivity index (χ2n) is 2.01. The zero-order valence-corrected chi connectivity index (χ0v) is 5.87. The third-order valence-corrected chi connectivity index (χ3v) is 1.25. The van der Waals surface area contributed by atoms with Gasteiger partial charge in [-0.1, -0.05) is 0 Å².